The molecular formula is C18H27NO7. The molecule has 8 heteroatoms. The normalized spacial score (nSPS) is 10.5. The minimum atomic E-state index is -0.288. The molecule has 0 atom stereocenters. The average Bonchev–Trinajstić information content (AvgIpc) is 2.64. The van der Waals surface area contributed by atoms with Gasteiger partial charge in [0.25, 0.3) is 5.91 Å². The number of hydrogen-bond donors (Lipinski definition) is 2. The van der Waals surface area contributed by atoms with Crippen LogP contribution >= 0.6 is 0 Å². The van der Waals surface area contributed by atoms with E-state index in [0.29, 0.717) is 57.5 Å². The van der Waals surface area contributed by atoms with Gasteiger partial charge < -0.3 is 29.4 Å². The molecule has 0 bridgehead atoms. The van der Waals surface area contributed by atoms with E-state index in [4.69, 9.17) is 24.1 Å². The summed E-state index contributed by atoms with van der Waals surface area (Å²) in [7, 11) is 0. The van der Waals surface area contributed by atoms with Gasteiger partial charge in [-0.05, 0) is 18.6 Å². The Morgan fingerprint density at radius 3 is 2.38 bits per heavy atom. The minimum absolute atomic E-state index is 0.00309. The number of benzene rings is 1. The first-order valence-corrected chi connectivity index (χ1v) is 8.47. The SMILES string of the molecule is Cc1cccc(OCC(=O)NCCOCCOCCOCCO)c1C=O. The summed E-state index contributed by atoms with van der Waals surface area (Å²) in [6, 6.07) is 5.23. The van der Waals surface area contributed by atoms with Crippen LogP contribution in [-0.4, -0.2) is 76.7 Å². The summed E-state index contributed by atoms with van der Waals surface area (Å²) in [5.74, 6) is 0.107. The number of carbonyl (C=O) groups is 2. The van der Waals surface area contributed by atoms with Crippen molar-refractivity contribution in [1.29, 1.82) is 0 Å². The number of amides is 1. The monoisotopic (exact) mass is 369 g/mol. The Hall–Kier alpha value is -2.00. The molecule has 8 nitrogen and oxygen atoms in total. The summed E-state index contributed by atoms with van der Waals surface area (Å²) in [4.78, 5) is 22.8. The number of nitrogens with one attached hydrogen (secondary N) is 1. The Bertz CT molecular complexity index is 536. The Balaban J connectivity index is 2.02. The second-order valence-electron chi connectivity index (χ2n) is 5.30. The lowest BCUT2D eigenvalue weighted by Gasteiger charge is -2.10. The maximum absolute atomic E-state index is 11.7. The number of aldehydes is 1. The van der Waals surface area contributed by atoms with Gasteiger partial charge in [0.2, 0.25) is 0 Å². The van der Waals surface area contributed by atoms with Crippen LogP contribution in [0.15, 0.2) is 18.2 Å². The van der Waals surface area contributed by atoms with E-state index in [0.717, 1.165) is 11.8 Å². The fourth-order valence-electron chi connectivity index (χ4n) is 1.99. The van der Waals surface area contributed by atoms with Gasteiger partial charge >= 0.3 is 0 Å². The largest absolute Gasteiger partial charge is 0.483 e. The molecule has 2 N–H and O–H groups in total. The van der Waals surface area contributed by atoms with Crippen molar-refractivity contribution >= 4 is 12.2 Å². The first kappa shape index (κ1) is 22.0. The molecule has 0 aliphatic rings. The van der Waals surface area contributed by atoms with Gasteiger partial charge in [-0.2, -0.15) is 0 Å². The minimum Gasteiger partial charge on any atom is -0.483 e. The molecule has 1 rings (SSSR count). The third-order valence-electron chi connectivity index (χ3n) is 3.31. The third-order valence-corrected chi connectivity index (χ3v) is 3.31. The summed E-state index contributed by atoms with van der Waals surface area (Å²) in [6.45, 7) is 4.40. The molecule has 0 aliphatic heterocycles. The van der Waals surface area contributed by atoms with E-state index in [2.05, 4.69) is 5.32 Å². The first-order valence-electron chi connectivity index (χ1n) is 8.47. The highest BCUT2D eigenvalue weighted by Gasteiger charge is 2.08. The Morgan fingerprint density at radius 2 is 1.73 bits per heavy atom. The van der Waals surface area contributed by atoms with Gasteiger partial charge in [-0.3, -0.25) is 9.59 Å². The van der Waals surface area contributed by atoms with Crippen LogP contribution < -0.4 is 10.1 Å². The molecule has 0 spiro atoms. The lowest BCUT2D eigenvalue weighted by molar-refractivity contribution is -0.123. The molecule has 1 aromatic carbocycles. The van der Waals surface area contributed by atoms with Crippen LogP contribution in [0.4, 0.5) is 0 Å². The molecule has 146 valence electrons. The van der Waals surface area contributed by atoms with E-state index >= 15 is 0 Å². The van der Waals surface area contributed by atoms with E-state index in [9.17, 15) is 9.59 Å². The van der Waals surface area contributed by atoms with Crippen LogP contribution in [0.25, 0.3) is 0 Å². The third kappa shape index (κ3) is 9.47. The van der Waals surface area contributed by atoms with Crippen LogP contribution in [0.3, 0.4) is 0 Å². The number of rotatable bonds is 15. The number of ether oxygens (including phenoxy) is 4. The van der Waals surface area contributed by atoms with Gasteiger partial charge in [-0.15, -0.1) is 0 Å². The lowest BCUT2D eigenvalue weighted by atomic mass is 10.1. The average molecular weight is 369 g/mol. The van der Waals surface area contributed by atoms with E-state index in [1.807, 2.05) is 0 Å². The molecule has 0 saturated heterocycles. The molecule has 0 radical (unpaired) electrons. The Morgan fingerprint density at radius 1 is 1.08 bits per heavy atom. The number of aliphatic hydroxyl groups excluding tert-OH is 1. The fraction of sp³-hybridized carbons (Fsp3) is 0.556. The topological polar surface area (TPSA) is 103 Å². The van der Waals surface area contributed by atoms with Crippen molar-refractivity contribution in [3.05, 3.63) is 29.3 Å². The van der Waals surface area contributed by atoms with E-state index in [1.165, 1.54) is 0 Å². The zero-order chi connectivity index (χ0) is 19.0. The zero-order valence-corrected chi connectivity index (χ0v) is 15.1. The van der Waals surface area contributed by atoms with Crippen molar-refractivity contribution < 1.29 is 33.6 Å². The molecule has 0 aromatic heterocycles. The second kappa shape index (κ2) is 14.2. The summed E-state index contributed by atoms with van der Waals surface area (Å²) >= 11 is 0. The predicted molar refractivity (Wildman–Crippen MR) is 94.6 cm³/mol. The fourth-order valence-corrected chi connectivity index (χ4v) is 1.99. The molecule has 0 unspecified atom stereocenters. The standard InChI is InChI=1S/C18H27NO7/c1-15-3-2-4-17(16(15)13-21)26-14-18(22)19-5-7-23-9-11-25-12-10-24-8-6-20/h2-4,13,20H,5-12,14H2,1H3,(H,19,22). The quantitative estimate of drug-likeness (QED) is 0.339. The van der Waals surface area contributed by atoms with Crippen molar-refractivity contribution in [2.45, 2.75) is 6.92 Å². The highest BCUT2D eigenvalue weighted by Crippen LogP contribution is 2.19. The van der Waals surface area contributed by atoms with Crippen molar-refractivity contribution in [2.24, 2.45) is 0 Å². The highest BCUT2D eigenvalue weighted by atomic mass is 16.5. The molecule has 0 fully saturated rings. The summed E-state index contributed by atoms with van der Waals surface area (Å²) < 4.78 is 21.0. The van der Waals surface area contributed by atoms with Gasteiger partial charge in [-0.1, -0.05) is 12.1 Å². The van der Waals surface area contributed by atoms with Gasteiger partial charge in [0, 0.05) is 6.54 Å². The molecular weight excluding hydrogens is 342 g/mol. The van der Waals surface area contributed by atoms with Gasteiger partial charge in [0.15, 0.2) is 12.9 Å². The smallest absolute Gasteiger partial charge is 0.258 e. The number of hydrogen-bond acceptors (Lipinski definition) is 7. The van der Waals surface area contributed by atoms with Crippen LogP contribution in [0.1, 0.15) is 15.9 Å². The number of aliphatic hydroxyl groups is 1. The molecule has 0 heterocycles. The molecule has 1 amide bonds. The van der Waals surface area contributed by atoms with Crippen LogP contribution in [0.2, 0.25) is 0 Å². The van der Waals surface area contributed by atoms with E-state index in [-0.39, 0.29) is 19.1 Å². The number of aryl methyl sites for hydroxylation is 1. The Labute approximate surface area is 153 Å². The summed E-state index contributed by atoms with van der Waals surface area (Å²) in [5.41, 5.74) is 1.25. The Kier molecular flexibility index (Phi) is 12.0. The number of carbonyl (C=O) groups excluding carboxylic acids is 2. The van der Waals surface area contributed by atoms with Crippen LogP contribution in [0.5, 0.6) is 5.75 Å². The van der Waals surface area contributed by atoms with Crippen molar-refractivity contribution in [2.75, 3.05) is 59.4 Å². The van der Waals surface area contributed by atoms with Crippen molar-refractivity contribution in [3.8, 4) is 5.75 Å². The van der Waals surface area contributed by atoms with E-state index < -0.39 is 0 Å². The molecule has 0 aliphatic carbocycles. The first-order chi connectivity index (χ1) is 12.7. The molecule has 0 saturated carbocycles. The molecule has 1 aromatic rings. The summed E-state index contributed by atoms with van der Waals surface area (Å²) in [5, 5.41) is 11.2. The van der Waals surface area contributed by atoms with Gasteiger partial charge in [0.1, 0.15) is 5.75 Å². The maximum atomic E-state index is 11.7. The zero-order valence-electron chi connectivity index (χ0n) is 15.1. The van der Waals surface area contributed by atoms with Crippen molar-refractivity contribution in [1.82, 2.24) is 5.32 Å². The predicted octanol–water partition coefficient (Wildman–Crippen LogP) is 0.345. The molecule has 26 heavy (non-hydrogen) atoms. The lowest BCUT2D eigenvalue weighted by Crippen LogP contribution is -2.32. The van der Waals surface area contributed by atoms with Crippen LogP contribution in [-0.2, 0) is 19.0 Å². The second-order valence-corrected chi connectivity index (χ2v) is 5.30. The van der Waals surface area contributed by atoms with E-state index in [1.54, 1.807) is 25.1 Å². The van der Waals surface area contributed by atoms with Crippen LogP contribution in [0, 0.1) is 6.92 Å². The summed E-state index contributed by atoms with van der Waals surface area (Å²) in [6.07, 6.45) is 0.719. The van der Waals surface area contributed by atoms with Crippen molar-refractivity contribution in [3.63, 3.8) is 0 Å². The van der Waals surface area contributed by atoms with Gasteiger partial charge in [-0.25, -0.2) is 0 Å². The highest BCUT2D eigenvalue weighted by molar-refractivity contribution is 5.82. The van der Waals surface area contributed by atoms with Gasteiger partial charge in [0.05, 0.1) is 51.8 Å². The maximum Gasteiger partial charge on any atom is 0.258 e.